The first-order valence-corrected chi connectivity index (χ1v) is 12.1. The molecule has 0 spiro atoms. The van der Waals surface area contributed by atoms with Crippen LogP contribution in [0.5, 0.6) is 0 Å². The predicted molar refractivity (Wildman–Crippen MR) is 140 cm³/mol. The van der Waals surface area contributed by atoms with Crippen LogP contribution >= 0.6 is 11.3 Å². The van der Waals surface area contributed by atoms with Gasteiger partial charge in [0, 0.05) is 58.4 Å². The quantitative estimate of drug-likeness (QED) is 0.333. The lowest BCUT2D eigenvalue weighted by Crippen LogP contribution is -2.31. The summed E-state index contributed by atoms with van der Waals surface area (Å²) in [5.74, 6) is 1.47. The number of aromatic nitrogens is 4. The zero-order chi connectivity index (χ0) is 23.5. The van der Waals surface area contributed by atoms with E-state index in [9.17, 15) is 0 Å². The van der Waals surface area contributed by atoms with Crippen LogP contribution in [0.25, 0.3) is 32.7 Å². The van der Waals surface area contributed by atoms with Crippen molar-refractivity contribution < 1.29 is 0 Å². The Hall–Kier alpha value is -3.68. The van der Waals surface area contributed by atoms with E-state index in [0.29, 0.717) is 12.4 Å². The van der Waals surface area contributed by atoms with Crippen LogP contribution in [0.4, 0.5) is 5.82 Å². The molecule has 0 aliphatic heterocycles. The highest BCUT2D eigenvalue weighted by Crippen LogP contribution is 2.41. The zero-order valence-corrected chi connectivity index (χ0v) is 20.0. The zero-order valence-electron chi connectivity index (χ0n) is 19.2. The SMILES string of the molecule is Cc1ncccc1-c1c(C)sc2c(NC[C@@H](N)Cc3ccccc3)nc(-c3ccncc3)nc12. The van der Waals surface area contributed by atoms with Crippen LogP contribution in [0.3, 0.4) is 0 Å². The molecule has 34 heavy (non-hydrogen) atoms. The molecule has 0 aliphatic carbocycles. The van der Waals surface area contributed by atoms with Crippen LogP contribution in [-0.2, 0) is 6.42 Å². The van der Waals surface area contributed by atoms with Gasteiger partial charge in [0.05, 0.1) is 10.2 Å². The number of fused-ring (bicyclic) bond motifs is 1. The third kappa shape index (κ3) is 4.53. The van der Waals surface area contributed by atoms with Gasteiger partial charge in [0.15, 0.2) is 5.82 Å². The molecule has 0 saturated heterocycles. The molecule has 1 aromatic carbocycles. The normalized spacial score (nSPS) is 12.1. The standard InChI is InChI=1S/C27H26N6S/c1-17-22(9-6-12-30-17)23-18(2)34-25-24(23)32-26(20-10-13-29-14-11-20)33-27(25)31-16-21(28)15-19-7-4-3-5-8-19/h3-14,21H,15-16,28H2,1-2H3,(H,31,32,33)/t21-/m0/s1. The van der Waals surface area contributed by atoms with E-state index in [1.807, 2.05) is 49.5 Å². The van der Waals surface area contributed by atoms with E-state index in [2.05, 4.69) is 40.4 Å². The van der Waals surface area contributed by atoms with Crippen LogP contribution in [-0.4, -0.2) is 32.5 Å². The summed E-state index contributed by atoms with van der Waals surface area (Å²) in [5, 5.41) is 3.53. The van der Waals surface area contributed by atoms with Crippen molar-refractivity contribution in [3.63, 3.8) is 0 Å². The van der Waals surface area contributed by atoms with Crippen molar-refractivity contribution in [1.82, 2.24) is 19.9 Å². The fourth-order valence-electron chi connectivity index (χ4n) is 4.12. The summed E-state index contributed by atoms with van der Waals surface area (Å²) in [7, 11) is 0. The summed E-state index contributed by atoms with van der Waals surface area (Å²) in [6.45, 7) is 4.77. The Balaban J connectivity index is 1.56. The molecule has 4 aromatic heterocycles. The molecule has 170 valence electrons. The fourth-order valence-corrected chi connectivity index (χ4v) is 5.19. The van der Waals surface area contributed by atoms with Crippen molar-refractivity contribution >= 4 is 27.4 Å². The van der Waals surface area contributed by atoms with Gasteiger partial charge in [-0.2, -0.15) is 0 Å². The van der Waals surface area contributed by atoms with Crippen molar-refractivity contribution in [3.05, 3.63) is 89.3 Å². The molecule has 0 radical (unpaired) electrons. The highest BCUT2D eigenvalue weighted by molar-refractivity contribution is 7.20. The highest BCUT2D eigenvalue weighted by atomic mass is 32.1. The minimum absolute atomic E-state index is 0.0436. The fraction of sp³-hybridized carbons (Fsp3) is 0.185. The van der Waals surface area contributed by atoms with Crippen LogP contribution in [0.2, 0.25) is 0 Å². The lowest BCUT2D eigenvalue weighted by molar-refractivity contribution is 0.698. The van der Waals surface area contributed by atoms with E-state index in [-0.39, 0.29) is 6.04 Å². The average molecular weight is 467 g/mol. The van der Waals surface area contributed by atoms with Gasteiger partial charge in [-0.25, -0.2) is 9.97 Å². The minimum Gasteiger partial charge on any atom is -0.367 e. The number of pyridine rings is 2. The van der Waals surface area contributed by atoms with E-state index < -0.39 is 0 Å². The molecule has 0 bridgehead atoms. The number of nitrogens with two attached hydrogens (primary N) is 1. The van der Waals surface area contributed by atoms with Gasteiger partial charge in [0.2, 0.25) is 0 Å². The van der Waals surface area contributed by atoms with Gasteiger partial charge in [-0.3, -0.25) is 9.97 Å². The number of thiophene rings is 1. The van der Waals surface area contributed by atoms with E-state index in [0.717, 1.165) is 44.8 Å². The van der Waals surface area contributed by atoms with Crippen molar-refractivity contribution in [2.45, 2.75) is 26.3 Å². The van der Waals surface area contributed by atoms with Gasteiger partial charge in [-0.15, -0.1) is 11.3 Å². The van der Waals surface area contributed by atoms with E-state index >= 15 is 0 Å². The molecule has 0 unspecified atom stereocenters. The number of nitrogens with one attached hydrogen (secondary N) is 1. The molecular formula is C27H26N6S. The molecule has 7 heteroatoms. The van der Waals surface area contributed by atoms with E-state index in [1.54, 1.807) is 23.7 Å². The third-order valence-corrected chi connectivity index (χ3v) is 6.90. The number of nitrogens with zero attached hydrogens (tertiary/aromatic N) is 4. The summed E-state index contributed by atoms with van der Waals surface area (Å²) in [4.78, 5) is 19.8. The van der Waals surface area contributed by atoms with E-state index in [4.69, 9.17) is 15.7 Å². The summed E-state index contributed by atoms with van der Waals surface area (Å²) in [6.07, 6.45) is 6.14. The Bertz CT molecular complexity index is 1420. The molecule has 5 aromatic rings. The van der Waals surface area contributed by atoms with Gasteiger partial charge < -0.3 is 11.1 Å². The molecular weight excluding hydrogens is 440 g/mol. The maximum atomic E-state index is 6.47. The Morgan fingerprint density at radius 2 is 1.74 bits per heavy atom. The van der Waals surface area contributed by atoms with Crippen LogP contribution in [0.15, 0.2) is 73.2 Å². The number of anilines is 1. The average Bonchev–Trinajstić information content (AvgIpc) is 3.19. The minimum atomic E-state index is -0.0436. The topological polar surface area (TPSA) is 89.6 Å². The first kappa shape index (κ1) is 22.1. The lowest BCUT2D eigenvalue weighted by Gasteiger charge is -2.15. The smallest absolute Gasteiger partial charge is 0.162 e. The summed E-state index contributed by atoms with van der Waals surface area (Å²) >= 11 is 1.70. The van der Waals surface area contributed by atoms with Gasteiger partial charge in [0.1, 0.15) is 5.82 Å². The van der Waals surface area contributed by atoms with Crippen LogP contribution < -0.4 is 11.1 Å². The molecule has 3 N–H and O–H groups in total. The monoisotopic (exact) mass is 466 g/mol. The Morgan fingerprint density at radius 3 is 2.50 bits per heavy atom. The van der Waals surface area contributed by atoms with Crippen molar-refractivity contribution in [2.24, 2.45) is 5.73 Å². The Kier molecular flexibility index (Phi) is 6.29. The van der Waals surface area contributed by atoms with Gasteiger partial charge in [-0.1, -0.05) is 36.4 Å². The number of rotatable bonds is 7. The number of hydrogen-bond donors (Lipinski definition) is 2. The number of aryl methyl sites for hydroxylation is 2. The van der Waals surface area contributed by atoms with Crippen LogP contribution in [0, 0.1) is 13.8 Å². The van der Waals surface area contributed by atoms with E-state index in [1.165, 1.54) is 10.4 Å². The van der Waals surface area contributed by atoms with Crippen molar-refractivity contribution in [3.8, 4) is 22.5 Å². The van der Waals surface area contributed by atoms with Gasteiger partial charge >= 0.3 is 0 Å². The largest absolute Gasteiger partial charge is 0.367 e. The molecule has 6 nitrogen and oxygen atoms in total. The molecule has 0 amide bonds. The lowest BCUT2D eigenvalue weighted by atomic mass is 10.0. The Labute approximate surface area is 203 Å². The molecule has 1 atom stereocenters. The first-order valence-electron chi connectivity index (χ1n) is 11.3. The summed E-state index contributed by atoms with van der Waals surface area (Å²) < 4.78 is 1.03. The molecule has 5 rings (SSSR count). The van der Waals surface area contributed by atoms with Gasteiger partial charge in [0.25, 0.3) is 0 Å². The second-order valence-corrected chi connectivity index (χ2v) is 9.53. The molecule has 4 heterocycles. The second-order valence-electron chi connectivity index (χ2n) is 8.31. The van der Waals surface area contributed by atoms with Gasteiger partial charge in [-0.05, 0) is 44.0 Å². The molecule has 0 aliphatic rings. The summed E-state index contributed by atoms with van der Waals surface area (Å²) in [6, 6.07) is 18.2. The molecule has 0 fully saturated rings. The van der Waals surface area contributed by atoms with Crippen molar-refractivity contribution in [1.29, 1.82) is 0 Å². The molecule has 0 saturated carbocycles. The summed E-state index contributed by atoms with van der Waals surface area (Å²) in [5.41, 5.74) is 12.7. The second kappa shape index (κ2) is 9.67. The first-order chi connectivity index (χ1) is 16.6. The maximum absolute atomic E-state index is 6.47. The Morgan fingerprint density at radius 1 is 0.941 bits per heavy atom. The number of benzene rings is 1. The van der Waals surface area contributed by atoms with Crippen molar-refractivity contribution in [2.75, 3.05) is 11.9 Å². The predicted octanol–water partition coefficient (Wildman–Crippen LogP) is 5.41. The highest BCUT2D eigenvalue weighted by Gasteiger charge is 2.20. The maximum Gasteiger partial charge on any atom is 0.162 e. The number of hydrogen-bond acceptors (Lipinski definition) is 7. The third-order valence-electron chi connectivity index (χ3n) is 5.80. The van der Waals surface area contributed by atoms with Crippen LogP contribution in [0.1, 0.15) is 16.1 Å².